The summed E-state index contributed by atoms with van der Waals surface area (Å²) in [6.45, 7) is 5.81. The quantitative estimate of drug-likeness (QED) is 0.829. The Hall–Kier alpha value is -2.66. The molecule has 1 N–H and O–H groups in total. The van der Waals surface area contributed by atoms with Gasteiger partial charge < -0.3 is 15.0 Å². The molecular weight excluding hydrogens is 352 g/mol. The maximum absolute atomic E-state index is 12.6. The Kier molecular flexibility index (Phi) is 6.82. The Morgan fingerprint density at radius 2 is 1.82 bits per heavy atom. The van der Waals surface area contributed by atoms with Crippen LogP contribution in [-0.2, 0) is 16.0 Å². The van der Waals surface area contributed by atoms with Crippen molar-refractivity contribution in [2.45, 2.75) is 39.2 Å². The van der Waals surface area contributed by atoms with E-state index >= 15 is 0 Å². The highest BCUT2D eigenvalue weighted by Gasteiger charge is 2.24. The molecule has 0 aromatic heterocycles. The van der Waals surface area contributed by atoms with Crippen molar-refractivity contribution in [2.75, 3.05) is 25.1 Å². The second kappa shape index (κ2) is 9.51. The second-order valence-electron chi connectivity index (χ2n) is 7.39. The highest BCUT2D eigenvalue weighted by atomic mass is 16.5. The van der Waals surface area contributed by atoms with E-state index in [1.807, 2.05) is 11.8 Å². The molecule has 1 unspecified atom stereocenters. The predicted molar refractivity (Wildman–Crippen MR) is 111 cm³/mol. The largest absolute Gasteiger partial charge is 0.377 e. The van der Waals surface area contributed by atoms with Crippen LogP contribution in [0.1, 0.15) is 41.3 Å². The van der Waals surface area contributed by atoms with Crippen molar-refractivity contribution in [1.82, 2.24) is 4.90 Å². The Balaban J connectivity index is 1.47. The SMILES string of the molecule is Cc1ccc(CCCC(=O)Nc2ccc(C(=O)N3CCOCC3C)cc2)cc1. The standard InChI is InChI=1S/C23H28N2O3/c1-17-6-8-19(9-7-17)4-3-5-22(26)24-21-12-10-20(11-13-21)23(27)25-14-15-28-16-18(25)2/h6-13,18H,3-5,14-16H2,1-2H3,(H,24,26). The molecule has 1 fully saturated rings. The van der Waals surface area contributed by atoms with Gasteiger partial charge in [0, 0.05) is 24.2 Å². The summed E-state index contributed by atoms with van der Waals surface area (Å²) in [5.74, 6) is -0.000218. The van der Waals surface area contributed by atoms with Gasteiger partial charge in [0.05, 0.1) is 19.3 Å². The molecule has 1 heterocycles. The summed E-state index contributed by atoms with van der Waals surface area (Å²) in [6.07, 6.45) is 2.17. The Morgan fingerprint density at radius 1 is 1.11 bits per heavy atom. The minimum atomic E-state index is -0.00649. The number of carbonyl (C=O) groups excluding carboxylic acids is 2. The zero-order valence-electron chi connectivity index (χ0n) is 16.6. The van der Waals surface area contributed by atoms with Crippen LogP contribution < -0.4 is 5.32 Å². The normalized spacial score (nSPS) is 16.6. The molecule has 0 radical (unpaired) electrons. The van der Waals surface area contributed by atoms with Crippen LogP contribution in [-0.4, -0.2) is 42.5 Å². The molecule has 1 aliphatic rings. The number of amides is 2. The number of benzene rings is 2. The van der Waals surface area contributed by atoms with E-state index in [1.54, 1.807) is 24.3 Å². The van der Waals surface area contributed by atoms with Gasteiger partial charge in [0.15, 0.2) is 0 Å². The average Bonchev–Trinajstić information content (AvgIpc) is 2.70. The molecule has 0 bridgehead atoms. The number of rotatable bonds is 6. The molecule has 2 aromatic rings. The molecule has 5 nitrogen and oxygen atoms in total. The number of morpholine rings is 1. The number of nitrogens with zero attached hydrogens (tertiary/aromatic N) is 1. The second-order valence-corrected chi connectivity index (χ2v) is 7.39. The Bertz CT molecular complexity index is 800. The Morgan fingerprint density at radius 3 is 2.50 bits per heavy atom. The predicted octanol–water partition coefficient (Wildman–Crippen LogP) is 3.82. The molecule has 2 amide bonds. The van der Waals surface area contributed by atoms with Gasteiger partial charge in [0.25, 0.3) is 5.91 Å². The summed E-state index contributed by atoms with van der Waals surface area (Å²) in [5.41, 5.74) is 3.84. The smallest absolute Gasteiger partial charge is 0.254 e. The van der Waals surface area contributed by atoms with E-state index in [9.17, 15) is 9.59 Å². The number of anilines is 1. The third-order valence-corrected chi connectivity index (χ3v) is 5.03. The molecular formula is C23H28N2O3. The van der Waals surface area contributed by atoms with E-state index < -0.39 is 0 Å². The minimum absolute atomic E-state index is 0.00627. The first-order valence-electron chi connectivity index (χ1n) is 9.87. The van der Waals surface area contributed by atoms with Crippen LogP contribution in [0.3, 0.4) is 0 Å². The van der Waals surface area contributed by atoms with Crippen LogP contribution >= 0.6 is 0 Å². The molecule has 0 saturated carbocycles. The van der Waals surface area contributed by atoms with E-state index in [1.165, 1.54) is 11.1 Å². The molecule has 3 rings (SSSR count). The maximum Gasteiger partial charge on any atom is 0.254 e. The third-order valence-electron chi connectivity index (χ3n) is 5.03. The zero-order valence-corrected chi connectivity index (χ0v) is 16.6. The lowest BCUT2D eigenvalue weighted by atomic mass is 10.1. The van der Waals surface area contributed by atoms with Crippen LogP contribution in [0.5, 0.6) is 0 Å². The summed E-state index contributed by atoms with van der Waals surface area (Å²) < 4.78 is 5.39. The van der Waals surface area contributed by atoms with Crippen molar-refractivity contribution in [3.05, 3.63) is 65.2 Å². The van der Waals surface area contributed by atoms with Crippen LogP contribution in [0, 0.1) is 6.92 Å². The lowest BCUT2D eigenvalue weighted by Crippen LogP contribution is -2.47. The Labute approximate surface area is 166 Å². The first kappa shape index (κ1) is 20.1. The molecule has 2 aromatic carbocycles. The van der Waals surface area contributed by atoms with E-state index in [0.29, 0.717) is 37.4 Å². The number of hydrogen-bond acceptors (Lipinski definition) is 3. The molecule has 5 heteroatoms. The fourth-order valence-corrected chi connectivity index (χ4v) is 3.32. The van der Waals surface area contributed by atoms with Gasteiger partial charge in [0.1, 0.15) is 0 Å². The molecule has 1 aliphatic heterocycles. The van der Waals surface area contributed by atoms with Crippen molar-refractivity contribution >= 4 is 17.5 Å². The summed E-state index contributed by atoms with van der Waals surface area (Å²) in [6, 6.07) is 15.6. The number of hydrogen-bond donors (Lipinski definition) is 1. The number of aryl methyl sites for hydroxylation is 2. The topological polar surface area (TPSA) is 58.6 Å². The van der Waals surface area contributed by atoms with Gasteiger partial charge in [-0.1, -0.05) is 29.8 Å². The van der Waals surface area contributed by atoms with Gasteiger partial charge in [-0.2, -0.15) is 0 Å². The van der Waals surface area contributed by atoms with Crippen LogP contribution in [0.2, 0.25) is 0 Å². The lowest BCUT2D eigenvalue weighted by molar-refractivity contribution is -0.116. The van der Waals surface area contributed by atoms with Crippen molar-refractivity contribution < 1.29 is 14.3 Å². The fourth-order valence-electron chi connectivity index (χ4n) is 3.32. The molecule has 1 atom stereocenters. The molecule has 0 aliphatic carbocycles. The fraction of sp³-hybridized carbons (Fsp3) is 0.391. The number of nitrogens with one attached hydrogen (secondary N) is 1. The van der Waals surface area contributed by atoms with Crippen LogP contribution in [0.4, 0.5) is 5.69 Å². The van der Waals surface area contributed by atoms with Gasteiger partial charge in [-0.3, -0.25) is 9.59 Å². The monoisotopic (exact) mass is 380 g/mol. The first-order valence-corrected chi connectivity index (χ1v) is 9.87. The van der Waals surface area contributed by atoms with Crippen molar-refractivity contribution in [3.8, 4) is 0 Å². The van der Waals surface area contributed by atoms with Crippen molar-refractivity contribution in [2.24, 2.45) is 0 Å². The summed E-state index contributed by atoms with van der Waals surface area (Å²) in [5, 5.41) is 2.91. The zero-order chi connectivity index (χ0) is 19.9. The van der Waals surface area contributed by atoms with E-state index in [2.05, 4.69) is 36.5 Å². The third kappa shape index (κ3) is 5.42. The first-order chi connectivity index (χ1) is 13.5. The summed E-state index contributed by atoms with van der Waals surface area (Å²) >= 11 is 0. The summed E-state index contributed by atoms with van der Waals surface area (Å²) in [7, 11) is 0. The van der Waals surface area contributed by atoms with Crippen LogP contribution in [0.25, 0.3) is 0 Å². The molecule has 148 valence electrons. The van der Waals surface area contributed by atoms with Gasteiger partial charge in [-0.05, 0) is 56.5 Å². The highest BCUT2D eigenvalue weighted by molar-refractivity contribution is 5.96. The number of ether oxygens (including phenoxy) is 1. The molecule has 1 saturated heterocycles. The van der Waals surface area contributed by atoms with Crippen LogP contribution in [0.15, 0.2) is 48.5 Å². The van der Waals surface area contributed by atoms with Gasteiger partial charge in [-0.25, -0.2) is 0 Å². The minimum Gasteiger partial charge on any atom is -0.377 e. The summed E-state index contributed by atoms with van der Waals surface area (Å²) in [4.78, 5) is 26.6. The van der Waals surface area contributed by atoms with Crippen molar-refractivity contribution in [3.63, 3.8) is 0 Å². The van der Waals surface area contributed by atoms with Gasteiger partial charge in [0.2, 0.25) is 5.91 Å². The molecule has 28 heavy (non-hydrogen) atoms. The number of carbonyl (C=O) groups is 2. The highest BCUT2D eigenvalue weighted by Crippen LogP contribution is 2.16. The van der Waals surface area contributed by atoms with E-state index in [4.69, 9.17) is 4.74 Å². The van der Waals surface area contributed by atoms with Gasteiger partial charge in [-0.15, -0.1) is 0 Å². The van der Waals surface area contributed by atoms with Gasteiger partial charge >= 0.3 is 0 Å². The van der Waals surface area contributed by atoms with Crippen molar-refractivity contribution in [1.29, 1.82) is 0 Å². The van der Waals surface area contributed by atoms with E-state index in [-0.39, 0.29) is 17.9 Å². The molecule has 0 spiro atoms. The van der Waals surface area contributed by atoms with E-state index in [0.717, 1.165) is 12.8 Å². The average molecular weight is 380 g/mol. The lowest BCUT2D eigenvalue weighted by Gasteiger charge is -2.33. The maximum atomic E-state index is 12.6.